The van der Waals surface area contributed by atoms with Gasteiger partial charge in [-0.05, 0) is 35.9 Å². The van der Waals surface area contributed by atoms with E-state index in [1.54, 1.807) is 11.3 Å². The number of thiophene rings is 1. The third kappa shape index (κ3) is 3.76. The van der Waals surface area contributed by atoms with Crippen LogP contribution in [0.3, 0.4) is 0 Å². The zero-order valence-electron chi connectivity index (χ0n) is 14.3. The van der Waals surface area contributed by atoms with E-state index in [-0.39, 0.29) is 11.9 Å². The molecule has 4 rings (SSSR count). The van der Waals surface area contributed by atoms with Crippen LogP contribution in [0.25, 0.3) is 0 Å². The number of hydrogen-bond acceptors (Lipinski definition) is 5. The Hall–Kier alpha value is -1.76. The van der Waals surface area contributed by atoms with E-state index in [9.17, 15) is 4.79 Å². The summed E-state index contributed by atoms with van der Waals surface area (Å²) >= 11 is 1.57. The van der Waals surface area contributed by atoms with Crippen molar-refractivity contribution in [1.29, 1.82) is 0 Å². The zero-order valence-corrected chi connectivity index (χ0v) is 15.1. The summed E-state index contributed by atoms with van der Waals surface area (Å²) in [6.07, 6.45) is 4.00. The molecule has 5 nitrogen and oxygen atoms in total. The van der Waals surface area contributed by atoms with Crippen molar-refractivity contribution in [1.82, 2.24) is 14.8 Å². The Balaban J connectivity index is 1.44. The number of rotatable bonds is 4. The number of carbonyl (C=O) groups is 1. The summed E-state index contributed by atoms with van der Waals surface area (Å²) in [4.78, 5) is 21.8. The van der Waals surface area contributed by atoms with Gasteiger partial charge in [-0.2, -0.15) is 11.3 Å². The largest absolute Gasteiger partial charge is 0.379 e. The summed E-state index contributed by atoms with van der Waals surface area (Å²) in [7, 11) is 0. The summed E-state index contributed by atoms with van der Waals surface area (Å²) in [6, 6.07) is 6.26. The molecule has 0 spiro atoms. The van der Waals surface area contributed by atoms with Gasteiger partial charge in [-0.15, -0.1) is 0 Å². The van der Waals surface area contributed by atoms with E-state index in [0.29, 0.717) is 0 Å². The topological polar surface area (TPSA) is 45.7 Å². The van der Waals surface area contributed by atoms with Gasteiger partial charge in [-0.25, -0.2) is 0 Å². The zero-order chi connectivity index (χ0) is 17.1. The van der Waals surface area contributed by atoms with E-state index in [0.717, 1.165) is 63.5 Å². The Bertz CT molecular complexity index is 696. The van der Waals surface area contributed by atoms with Gasteiger partial charge in [0.25, 0.3) is 5.91 Å². The standard InChI is InChI=1S/C19H23N3O2S/c23-19(16-5-11-25-14-16)22-6-1-2-18(22)17-4-3-15(12-20-17)13-21-7-9-24-10-8-21/h3-5,11-12,14,18H,1-2,6-10,13H2/t18-/m0/s1. The first-order valence-electron chi connectivity index (χ1n) is 8.89. The van der Waals surface area contributed by atoms with Crippen LogP contribution in [-0.2, 0) is 11.3 Å². The first kappa shape index (κ1) is 16.7. The van der Waals surface area contributed by atoms with Crippen molar-refractivity contribution in [3.8, 4) is 0 Å². The van der Waals surface area contributed by atoms with E-state index >= 15 is 0 Å². The van der Waals surface area contributed by atoms with Crippen molar-refractivity contribution in [2.75, 3.05) is 32.8 Å². The third-order valence-electron chi connectivity index (χ3n) is 4.98. The summed E-state index contributed by atoms with van der Waals surface area (Å²) in [5.74, 6) is 0.128. The van der Waals surface area contributed by atoms with Crippen LogP contribution in [0.4, 0.5) is 0 Å². The average molecular weight is 357 g/mol. The number of likely N-dealkylation sites (tertiary alicyclic amines) is 1. The number of pyridine rings is 1. The van der Waals surface area contributed by atoms with Gasteiger partial charge in [-0.1, -0.05) is 6.07 Å². The Morgan fingerprint density at radius 3 is 2.84 bits per heavy atom. The Morgan fingerprint density at radius 2 is 2.12 bits per heavy atom. The number of ether oxygens (including phenoxy) is 1. The predicted octanol–water partition coefficient (Wildman–Crippen LogP) is 2.95. The monoisotopic (exact) mass is 357 g/mol. The van der Waals surface area contributed by atoms with Crippen molar-refractivity contribution in [3.05, 3.63) is 52.0 Å². The van der Waals surface area contributed by atoms with Crippen LogP contribution in [0.2, 0.25) is 0 Å². The molecule has 2 fully saturated rings. The Kier molecular flexibility index (Phi) is 5.10. The molecule has 25 heavy (non-hydrogen) atoms. The molecule has 0 N–H and O–H groups in total. The number of morpholine rings is 1. The highest BCUT2D eigenvalue weighted by Crippen LogP contribution is 2.32. The van der Waals surface area contributed by atoms with Gasteiger partial charge >= 0.3 is 0 Å². The molecule has 2 aromatic heterocycles. The molecular formula is C19H23N3O2S. The van der Waals surface area contributed by atoms with Crippen LogP contribution in [0.15, 0.2) is 35.2 Å². The molecule has 0 radical (unpaired) electrons. The molecule has 0 bridgehead atoms. The van der Waals surface area contributed by atoms with E-state index in [4.69, 9.17) is 9.72 Å². The Morgan fingerprint density at radius 1 is 1.24 bits per heavy atom. The van der Waals surface area contributed by atoms with Crippen molar-refractivity contribution >= 4 is 17.2 Å². The molecule has 6 heteroatoms. The van der Waals surface area contributed by atoms with Crippen molar-refractivity contribution in [2.24, 2.45) is 0 Å². The highest BCUT2D eigenvalue weighted by molar-refractivity contribution is 7.08. The van der Waals surface area contributed by atoms with Gasteiger partial charge in [0.1, 0.15) is 0 Å². The second-order valence-electron chi connectivity index (χ2n) is 6.65. The average Bonchev–Trinajstić information content (AvgIpc) is 3.35. The van der Waals surface area contributed by atoms with Gasteiger partial charge in [0.2, 0.25) is 0 Å². The second-order valence-corrected chi connectivity index (χ2v) is 7.43. The summed E-state index contributed by atoms with van der Waals surface area (Å²) in [6.45, 7) is 5.32. The lowest BCUT2D eigenvalue weighted by molar-refractivity contribution is 0.0341. The highest BCUT2D eigenvalue weighted by Gasteiger charge is 2.31. The van der Waals surface area contributed by atoms with Gasteiger partial charge in [0.15, 0.2) is 0 Å². The molecule has 0 saturated carbocycles. The molecule has 1 amide bonds. The smallest absolute Gasteiger partial charge is 0.255 e. The van der Waals surface area contributed by atoms with Crippen LogP contribution in [-0.4, -0.2) is 53.5 Å². The molecular weight excluding hydrogens is 334 g/mol. The number of hydrogen-bond donors (Lipinski definition) is 0. The number of aromatic nitrogens is 1. The summed E-state index contributed by atoms with van der Waals surface area (Å²) < 4.78 is 5.39. The fourth-order valence-corrected chi connectivity index (χ4v) is 4.24. The van der Waals surface area contributed by atoms with E-state index in [1.807, 2.05) is 27.9 Å². The summed E-state index contributed by atoms with van der Waals surface area (Å²) in [5.41, 5.74) is 3.02. The van der Waals surface area contributed by atoms with Crippen LogP contribution in [0, 0.1) is 0 Å². The van der Waals surface area contributed by atoms with Gasteiger partial charge < -0.3 is 9.64 Å². The van der Waals surface area contributed by atoms with Crippen molar-refractivity contribution in [2.45, 2.75) is 25.4 Å². The fraction of sp³-hybridized carbons (Fsp3) is 0.474. The lowest BCUT2D eigenvalue weighted by atomic mass is 10.1. The normalized spacial score (nSPS) is 21.6. The minimum Gasteiger partial charge on any atom is -0.379 e. The molecule has 2 aliphatic rings. The van der Waals surface area contributed by atoms with Crippen LogP contribution in [0.1, 0.15) is 40.5 Å². The number of carbonyl (C=O) groups excluding carboxylic acids is 1. The summed E-state index contributed by atoms with van der Waals surface area (Å²) in [5, 5.41) is 3.88. The predicted molar refractivity (Wildman–Crippen MR) is 97.7 cm³/mol. The quantitative estimate of drug-likeness (QED) is 0.844. The van der Waals surface area contributed by atoms with E-state index in [1.165, 1.54) is 5.56 Å². The van der Waals surface area contributed by atoms with Gasteiger partial charge in [0, 0.05) is 37.8 Å². The van der Waals surface area contributed by atoms with Crippen molar-refractivity contribution < 1.29 is 9.53 Å². The van der Waals surface area contributed by atoms with E-state index in [2.05, 4.69) is 17.0 Å². The molecule has 4 heterocycles. The third-order valence-corrected chi connectivity index (χ3v) is 5.66. The van der Waals surface area contributed by atoms with Crippen LogP contribution in [0.5, 0.6) is 0 Å². The van der Waals surface area contributed by atoms with Gasteiger partial charge in [0.05, 0.1) is 30.5 Å². The lowest BCUT2D eigenvalue weighted by Gasteiger charge is -2.27. The highest BCUT2D eigenvalue weighted by atomic mass is 32.1. The molecule has 0 unspecified atom stereocenters. The minimum atomic E-state index is 0.102. The Labute approximate surface area is 152 Å². The molecule has 0 aliphatic carbocycles. The maximum absolute atomic E-state index is 12.7. The maximum Gasteiger partial charge on any atom is 0.255 e. The molecule has 1 atom stereocenters. The van der Waals surface area contributed by atoms with Crippen molar-refractivity contribution in [3.63, 3.8) is 0 Å². The van der Waals surface area contributed by atoms with E-state index < -0.39 is 0 Å². The molecule has 0 aromatic carbocycles. The maximum atomic E-state index is 12.7. The fourth-order valence-electron chi connectivity index (χ4n) is 3.61. The minimum absolute atomic E-state index is 0.102. The molecule has 132 valence electrons. The van der Waals surface area contributed by atoms with Crippen LogP contribution >= 0.6 is 11.3 Å². The second kappa shape index (κ2) is 7.64. The lowest BCUT2D eigenvalue weighted by Crippen LogP contribution is -2.35. The molecule has 2 aromatic rings. The SMILES string of the molecule is O=C(c1ccsc1)N1CCC[C@H]1c1ccc(CN2CCOCC2)cn1. The first-order chi connectivity index (χ1) is 12.3. The number of nitrogens with zero attached hydrogens (tertiary/aromatic N) is 3. The molecule has 2 saturated heterocycles. The first-order valence-corrected chi connectivity index (χ1v) is 9.83. The van der Waals surface area contributed by atoms with Crippen LogP contribution < -0.4 is 0 Å². The molecule has 2 aliphatic heterocycles. The number of amides is 1. The van der Waals surface area contributed by atoms with Gasteiger partial charge in [-0.3, -0.25) is 14.7 Å².